The number of nitrogens with zero attached hydrogens (tertiary/aromatic N) is 1. The highest BCUT2D eigenvalue weighted by Gasteiger charge is 2.33. The predicted molar refractivity (Wildman–Crippen MR) is 130 cm³/mol. The summed E-state index contributed by atoms with van der Waals surface area (Å²) in [6.07, 6.45) is 3.17. The van der Waals surface area contributed by atoms with Gasteiger partial charge in [-0.05, 0) is 75.1 Å². The van der Waals surface area contributed by atoms with Crippen molar-refractivity contribution >= 4 is 29.3 Å². The third-order valence-electron chi connectivity index (χ3n) is 5.50. The largest absolute Gasteiger partial charge is 0.439 e. The Morgan fingerprint density at radius 2 is 2.06 bits per heavy atom. The summed E-state index contributed by atoms with van der Waals surface area (Å²) in [6, 6.07) is 11.7. The molecule has 1 aliphatic rings. The molecule has 1 unspecified atom stereocenters. The van der Waals surface area contributed by atoms with Gasteiger partial charge in [0.1, 0.15) is 11.8 Å². The van der Waals surface area contributed by atoms with Crippen LogP contribution in [0.4, 0.5) is 0 Å². The third-order valence-corrected chi connectivity index (χ3v) is 5.74. The molecule has 7 nitrogen and oxygen atoms in total. The number of amides is 2. The first-order valence-corrected chi connectivity index (χ1v) is 11.2. The van der Waals surface area contributed by atoms with E-state index < -0.39 is 6.04 Å². The number of hydrogen-bond donors (Lipinski definition) is 3. The van der Waals surface area contributed by atoms with Crippen LogP contribution in [0.5, 0.6) is 5.75 Å². The maximum atomic E-state index is 13.1. The number of likely N-dealkylation sites (tertiary alicyclic amines) is 1. The average molecular weight is 469 g/mol. The summed E-state index contributed by atoms with van der Waals surface area (Å²) in [5.41, 5.74) is 8.12. The highest BCUT2D eigenvalue weighted by Crippen LogP contribution is 2.33. The second kappa shape index (κ2) is 10.5. The number of nitrogens with one attached hydrogen (secondary N) is 2. The van der Waals surface area contributed by atoms with E-state index in [0.717, 1.165) is 18.4 Å². The molecule has 3 rings (SSSR count). The van der Waals surface area contributed by atoms with Gasteiger partial charge in [-0.3, -0.25) is 15.0 Å². The van der Waals surface area contributed by atoms with Crippen LogP contribution in [0.2, 0.25) is 5.02 Å². The number of carbonyl (C=O) groups excluding carboxylic acids is 2. The Hall–Kier alpha value is -3.32. The molecule has 2 aromatic carbocycles. The quantitative estimate of drug-likeness (QED) is 0.432. The number of aryl methyl sites for hydroxylation is 1. The zero-order valence-corrected chi connectivity index (χ0v) is 19.8. The molecule has 0 saturated carbocycles. The molecule has 0 radical (unpaired) electrons. The predicted octanol–water partition coefficient (Wildman–Crippen LogP) is 4.35. The molecule has 0 aliphatic carbocycles. The number of nitrogens with two attached hydrogens (primary N) is 1. The highest BCUT2D eigenvalue weighted by atomic mass is 35.5. The number of benzene rings is 2. The van der Waals surface area contributed by atoms with Gasteiger partial charge >= 0.3 is 0 Å². The van der Waals surface area contributed by atoms with Gasteiger partial charge in [0.05, 0.1) is 6.04 Å². The Morgan fingerprint density at radius 3 is 2.73 bits per heavy atom. The zero-order valence-electron chi connectivity index (χ0n) is 19.0. The van der Waals surface area contributed by atoms with Gasteiger partial charge in [0, 0.05) is 28.9 Å². The standard InChI is InChI=1S/C25H29ClN4O3/c1-15-12-19(9-10-22(15)33-23(28)13-16(2)27)24(31)29-17(3)25(32)30-11-5-8-21(30)18-6-4-7-20(26)14-18/h4,6-7,9-10,12-14,17,21,28H,5,8,11,27H2,1-3H3,(H,29,31)/t17-,21?/m1/s1. The molecule has 2 aromatic rings. The third kappa shape index (κ3) is 6.14. The summed E-state index contributed by atoms with van der Waals surface area (Å²) in [5.74, 6) is -0.106. The molecule has 174 valence electrons. The Balaban J connectivity index is 1.66. The van der Waals surface area contributed by atoms with Crippen molar-refractivity contribution < 1.29 is 14.3 Å². The van der Waals surface area contributed by atoms with Crippen LogP contribution in [-0.4, -0.2) is 35.2 Å². The first-order valence-electron chi connectivity index (χ1n) is 10.8. The van der Waals surface area contributed by atoms with Crippen molar-refractivity contribution in [1.82, 2.24) is 10.2 Å². The molecule has 8 heteroatoms. The Morgan fingerprint density at radius 1 is 1.30 bits per heavy atom. The van der Waals surface area contributed by atoms with Gasteiger partial charge < -0.3 is 20.7 Å². The van der Waals surface area contributed by atoms with Gasteiger partial charge in [-0.2, -0.15) is 0 Å². The van der Waals surface area contributed by atoms with Crippen LogP contribution in [0.15, 0.2) is 54.2 Å². The first kappa shape index (κ1) is 24.3. The summed E-state index contributed by atoms with van der Waals surface area (Å²) in [5, 5.41) is 11.2. The van der Waals surface area contributed by atoms with Crippen molar-refractivity contribution in [2.45, 2.75) is 45.7 Å². The molecule has 1 aliphatic heterocycles. The normalized spacial score (nSPS) is 16.9. The molecule has 0 bridgehead atoms. The maximum Gasteiger partial charge on any atom is 0.251 e. The van der Waals surface area contributed by atoms with E-state index in [9.17, 15) is 9.59 Å². The molecule has 2 amide bonds. The smallest absolute Gasteiger partial charge is 0.251 e. The van der Waals surface area contributed by atoms with Crippen molar-refractivity contribution in [3.63, 3.8) is 0 Å². The average Bonchev–Trinajstić information content (AvgIpc) is 3.23. The fraction of sp³-hybridized carbons (Fsp3) is 0.320. The second-order valence-electron chi connectivity index (χ2n) is 8.27. The van der Waals surface area contributed by atoms with Gasteiger partial charge in [-0.15, -0.1) is 0 Å². The molecule has 33 heavy (non-hydrogen) atoms. The van der Waals surface area contributed by atoms with Gasteiger partial charge in [-0.1, -0.05) is 23.7 Å². The fourth-order valence-electron chi connectivity index (χ4n) is 3.94. The van der Waals surface area contributed by atoms with Crippen LogP contribution in [0, 0.1) is 12.3 Å². The molecular weight excluding hydrogens is 440 g/mol. The summed E-state index contributed by atoms with van der Waals surface area (Å²) >= 11 is 6.13. The Labute approximate surface area is 199 Å². The van der Waals surface area contributed by atoms with Gasteiger partial charge in [-0.25, -0.2) is 0 Å². The van der Waals surface area contributed by atoms with E-state index in [1.807, 2.05) is 29.2 Å². The molecule has 0 spiro atoms. The lowest BCUT2D eigenvalue weighted by atomic mass is 10.0. The van der Waals surface area contributed by atoms with Crippen molar-refractivity contribution in [2.24, 2.45) is 5.73 Å². The molecule has 2 atom stereocenters. The van der Waals surface area contributed by atoms with E-state index in [1.54, 1.807) is 39.0 Å². The lowest BCUT2D eigenvalue weighted by Gasteiger charge is -2.28. The lowest BCUT2D eigenvalue weighted by Crippen LogP contribution is -2.46. The minimum Gasteiger partial charge on any atom is -0.439 e. The number of hydrogen-bond acceptors (Lipinski definition) is 5. The van der Waals surface area contributed by atoms with Crippen LogP contribution < -0.4 is 15.8 Å². The van der Waals surface area contributed by atoms with Crippen molar-refractivity contribution in [3.05, 3.63) is 76.0 Å². The second-order valence-corrected chi connectivity index (χ2v) is 8.71. The van der Waals surface area contributed by atoms with Gasteiger partial charge in [0.2, 0.25) is 11.8 Å². The zero-order chi connectivity index (χ0) is 24.1. The fourth-order valence-corrected chi connectivity index (χ4v) is 4.14. The highest BCUT2D eigenvalue weighted by molar-refractivity contribution is 6.30. The topological polar surface area (TPSA) is 109 Å². The van der Waals surface area contributed by atoms with Crippen LogP contribution in [0.25, 0.3) is 0 Å². The molecule has 4 N–H and O–H groups in total. The van der Waals surface area contributed by atoms with E-state index in [-0.39, 0.29) is 23.8 Å². The van der Waals surface area contributed by atoms with Crippen LogP contribution >= 0.6 is 11.6 Å². The first-order chi connectivity index (χ1) is 15.7. The monoisotopic (exact) mass is 468 g/mol. The van der Waals surface area contributed by atoms with Crippen LogP contribution in [0.1, 0.15) is 54.2 Å². The van der Waals surface area contributed by atoms with Crippen molar-refractivity contribution in [3.8, 4) is 5.75 Å². The number of rotatable bonds is 6. The number of ether oxygens (including phenoxy) is 1. The molecular formula is C25H29ClN4O3. The summed E-state index contributed by atoms with van der Waals surface area (Å²) in [6.45, 7) is 5.79. The summed E-state index contributed by atoms with van der Waals surface area (Å²) in [4.78, 5) is 27.7. The van der Waals surface area contributed by atoms with Crippen LogP contribution in [-0.2, 0) is 4.79 Å². The molecule has 0 aromatic heterocycles. The SMILES string of the molecule is CC(N)=CC(=N)Oc1ccc(C(=O)N[C@H](C)C(=O)N2CCCC2c2cccc(Cl)c2)cc1C. The van der Waals surface area contributed by atoms with E-state index in [4.69, 9.17) is 27.5 Å². The van der Waals surface area contributed by atoms with Gasteiger partial charge in [0.15, 0.2) is 0 Å². The van der Waals surface area contributed by atoms with Crippen LogP contribution in [0.3, 0.4) is 0 Å². The van der Waals surface area contributed by atoms with E-state index in [2.05, 4.69) is 5.32 Å². The number of allylic oxidation sites excluding steroid dienone is 1. The molecule has 1 heterocycles. The Kier molecular flexibility index (Phi) is 7.76. The molecule has 1 saturated heterocycles. The molecule has 1 fully saturated rings. The minimum absolute atomic E-state index is 0.0456. The van der Waals surface area contributed by atoms with E-state index in [0.29, 0.717) is 34.1 Å². The summed E-state index contributed by atoms with van der Waals surface area (Å²) < 4.78 is 5.46. The Bertz CT molecular complexity index is 1090. The van der Waals surface area contributed by atoms with E-state index >= 15 is 0 Å². The van der Waals surface area contributed by atoms with E-state index in [1.165, 1.54) is 6.08 Å². The summed E-state index contributed by atoms with van der Waals surface area (Å²) in [7, 11) is 0. The van der Waals surface area contributed by atoms with Crippen molar-refractivity contribution in [1.29, 1.82) is 5.41 Å². The van der Waals surface area contributed by atoms with Gasteiger partial charge in [0.25, 0.3) is 5.91 Å². The lowest BCUT2D eigenvalue weighted by molar-refractivity contribution is -0.133. The number of halogens is 1. The minimum atomic E-state index is -0.681. The maximum absolute atomic E-state index is 13.1. The number of carbonyl (C=O) groups is 2. The van der Waals surface area contributed by atoms with Crippen molar-refractivity contribution in [2.75, 3.05) is 6.54 Å².